The first-order chi connectivity index (χ1) is 18.2. The molecule has 0 unspecified atom stereocenters. The molecule has 3 N–H and O–H groups in total. The highest BCUT2D eigenvalue weighted by atomic mass is 16.2. The van der Waals surface area contributed by atoms with Gasteiger partial charge in [0.1, 0.15) is 17.2 Å². The zero-order valence-electron chi connectivity index (χ0n) is 22.0. The Labute approximate surface area is 222 Å². The molecule has 0 aliphatic carbocycles. The highest BCUT2D eigenvalue weighted by molar-refractivity contribution is 5.78. The van der Waals surface area contributed by atoms with Crippen molar-refractivity contribution in [2.24, 2.45) is 0 Å². The molecule has 0 amide bonds. The normalized spacial score (nSPS) is 14.4. The molecule has 0 atom stereocenters. The Morgan fingerprint density at radius 2 is 1.50 bits per heavy atom. The van der Waals surface area contributed by atoms with Crippen molar-refractivity contribution in [3.63, 3.8) is 0 Å². The van der Waals surface area contributed by atoms with E-state index in [9.17, 15) is 9.59 Å². The van der Waals surface area contributed by atoms with Crippen LogP contribution in [0.3, 0.4) is 0 Å². The summed E-state index contributed by atoms with van der Waals surface area (Å²) >= 11 is 0. The topological polar surface area (TPSA) is 102 Å². The zero-order chi connectivity index (χ0) is 26.7. The van der Waals surface area contributed by atoms with Crippen LogP contribution in [0.4, 0.5) is 34.5 Å². The third kappa shape index (κ3) is 6.00. The van der Waals surface area contributed by atoms with E-state index >= 15 is 0 Å². The van der Waals surface area contributed by atoms with E-state index < -0.39 is 10.9 Å². The lowest BCUT2D eigenvalue weighted by Gasteiger charge is -2.36. The third-order valence-electron chi connectivity index (χ3n) is 6.43. The number of nitrogens with one attached hydrogen (secondary N) is 3. The molecule has 1 aromatic heterocycles. The maximum absolute atomic E-state index is 12.1. The van der Waals surface area contributed by atoms with E-state index in [0.29, 0.717) is 11.8 Å². The second-order valence-electron chi connectivity index (χ2n) is 10.6. The number of nitrogens with zero attached hydrogens (tertiary/aromatic N) is 4. The van der Waals surface area contributed by atoms with Crippen molar-refractivity contribution in [3.8, 4) is 0 Å². The first-order valence-corrected chi connectivity index (χ1v) is 12.8. The van der Waals surface area contributed by atoms with Crippen molar-refractivity contribution < 1.29 is 0 Å². The van der Waals surface area contributed by atoms with Gasteiger partial charge in [-0.1, -0.05) is 30.3 Å². The number of rotatable bonds is 8. The van der Waals surface area contributed by atoms with Crippen molar-refractivity contribution >= 4 is 34.5 Å². The molecule has 38 heavy (non-hydrogen) atoms. The second kappa shape index (κ2) is 10.6. The summed E-state index contributed by atoms with van der Waals surface area (Å²) in [6.45, 7) is 10.8. The van der Waals surface area contributed by atoms with Crippen molar-refractivity contribution in [2.75, 3.05) is 47.0 Å². The van der Waals surface area contributed by atoms with Crippen LogP contribution in [0.5, 0.6) is 0 Å². The van der Waals surface area contributed by atoms with E-state index in [1.807, 2.05) is 32.9 Å². The maximum atomic E-state index is 12.1. The summed E-state index contributed by atoms with van der Waals surface area (Å²) in [4.78, 5) is 37.8. The predicted octanol–water partition coefficient (Wildman–Crippen LogP) is 4.09. The lowest BCUT2D eigenvalue weighted by molar-refractivity contribution is 0.250. The lowest BCUT2D eigenvalue weighted by atomic mass is 10.1. The van der Waals surface area contributed by atoms with Gasteiger partial charge in [0.05, 0.1) is 0 Å². The quantitative estimate of drug-likeness (QED) is 0.302. The molecule has 0 radical (unpaired) electrons. The molecule has 1 aliphatic rings. The molecule has 3 aromatic carbocycles. The SMILES string of the molecule is CC(C)(C)Nc1c(Nc2ccnc(Nc3ccc(N4CCN(Cc5ccccc5)CC4)cc3)n2)c(=O)c1=O. The van der Waals surface area contributed by atoms with Gasteiger partial charge in [0.15, 0.2) is 0 Å². The molecule has 9 heteroatoms. The van der Waals surface area contributed by atoms with Gasteiger partial charge < -0.3 is 20.9 Å². The van der Waals surface area contributed by atoms with Crippen LogP contribution >= 0.6 is 0 Å². The summed E-state index contributed by atoms with van der Waals surface area (Å²) in [6, 6.07) is 20.5. The van der Waals surface area contributed by atoms with Crippen LogP contribution in [0.2, 0.25) is 0 Å². The number of benzene rings is 2. The van der Waals surface area contributed by atoms with Gasteiger partial charge >= 0.3 is 0 Å². The van der Waals surface area contributed by atoms with E-state index in [2.05, 4.69) is 78.2 Å². The fourth-order valence-corrected chi connectivity index (χ4v) is 4.51. The third-order valence-corrected chi connectivity index (χ3v) is 6.43. The summed E-state index contributed by atoms with van der Waals surface area (Å²) in [5.41, 5.74) is 2.48. The second-order valence-corrected chi connectivity index (χ2v) is 10.6. The molecule has 1 aliphatic heterocycles. The summed E-state index contributed by atoms with van der Waals surface area (Å²) in [5.74, 6) is 0.817. The molecule has 1 fully saturated rings. The Bertz CT molecular complexity index is 1450. The molecule has 0 bridgehead atoms. The van der Waals surface area contributed by atoms with E-state index in [-0.39, 0.29) is 16.9 Å². The minimum absolute atomic E-state index is 0.225. The standard InChI is InChI=1S/C29H33N7O2/c1-29(2,3)34-25-24(26(37)27(25)38)32-23-13-14-30-28(33-23)31-21-9-11-22(12-10-21)36-17-15-35(16-18-36)19-20-7-5-4-6-8-20/h4-14,34H,15-19H2,1-3H3,(H2,30,31,32,33). The van der Waals surface area contributed by atoms with Crippen molar-refractivity contribution in [1.29, 1.82) is 0 Å². The first-order valence-electron chi connectivity index (χ1n) is 12.8. The summed E-state index contributed by atoms with van der Waals surface area (Å²) in [6.07, 6.45) is 1.60. The molecular formula is C29H33N7O2. The van der Waals surface area contributed by atoms with Crippen molar-refractivity contribution in [3.05, 3.63) is 92.9 Å². The van der Waals surface area contributed by atoms with Crippen LogP contribution < -0.4 is 31.7 Å². The van der Waals surface area contributed by atoms with E-state index in [1.165, 1.54) is 11.3 Å². The van der Waals surface area contributed by atoms with Gasteiger partial charge in [-0.25, -0.2) is 4.98 Å². The van der Waals surface area contributed by atoms with Gasteiger partial charge in [-0.15, -0.1) is 0 Å². The molecule has 5 rings (SSSR count). The average Bonchev–Trinajstić information content (AvgIpc) is 2.92. The fourth-order valence-electron chi connectivity index (χ4n) is 4.51. The Morgan fingerprint density at radius 1 is 0.816 bits per heavy atom. The van der Waals surface area contributed by atoms with Gasteiger partial charge in [-0.3, -0.25) is 14.5 Å². The molecule has 0 saturated carbocycles. The molecule has 196 valence electrons. The zero-order valence-corrected chi connectivity index (χ0v) is 22.0. The van der Waals surface area contributed by atoms with Crippen molar-refractivity contribution in [1.82, 2.24) is 14.9 Å². The maximum Gasteiger partial charge on any atom is 0.253 e. The average molecular weight is 512 g/mol. The minimum atomic E-state index is -0.554. The highest BCUT2D eigenvalue weighted by Crippen LogP contribution is 2.25. The van der Waals surface area contributed by atoms with Crippen LogP contribution in [-0.4, -0.2) is 46.6 Å². The van der Waals surface area contributed by atoms with Gasteiger partial charge in [-0.2, -0.15) is 4.98 Å². The number of piperazine rings is 1. The number of aromatic nitrogens is 2. The smallest absolute Gasteiger partial charge is 0.253 e. The Morgan fingerprint density at radius 3 is 2.18 bits per heavy atom. The first kappa shape index (κ1) is 25.4. The van der Waals surface area contributed by atoms with Crippen LogP contribution in [0.1, 0.15) is 26.3 Å². The van der Waals surface area contributed by atoms with E-state index in [0.717, 1.165) is 38.4 Å². The monoisotopic (exact) mass is 511 g/mol. The summed E-state index contributed by atoms with van der Waals surface area (Å²) in [5, 5.41) is 9.28. The van der Waals surface area contributed by atoms with Crippen LogP contribution in [0.15, 0.2) is 76.4 Å². The molecular weight excluding hydrogens is 478 g/mol. The van der Waals surface area contributed by atoms with Gasteiger partial charge in [-0.05, 0) is 56.7 Å². The summed E-state index contributed by atoms with van der Waals surface area (Å²) in [7, 11) is 0. The molecule has 2 heterocycles. The van der Waals surface area contributed by atoms with Gasteiger partial charge in [0, 0.05) is 55.8 Å². The highest BCUT2D eigenvalue weighted by Gasteiger charge is 2.25. The summed E-state index contributed by atoms with van der Waals surface area (Å²) < 4.78 is 0. The van der Waals surface area contributed by atoms with E-state index in [4.69, 9.17) is 0 Å². The largest absolute Gasteiger partial charge is 0.375 e. The fraction of sp³-hybridized carbons (Fsp3) is 0.310. The van der Waals surface area contributed by atoms with Gasteiger partial charge in [0.2, 0.25) is 5.95 Å². The molecule has 4 aromatic rings. The van der Waals surface area contributed by atoms with Crippen LogP contribution in [0, 0.1) is 0 Å². The molecule has 0 spiro atoms. The number of hydrogen-bond acceptors (Lipinski definition) is 9. The van der Waals surface area contributed by atoms with Crippen molar-refractivity contribution in [2.45, 2.75) is 32.9 Å². The Hall–Kier alpha value is -4.24. The molecule has 1 saturated heterocycles. The van der Waals surface area contributed by atoms with E-state index in [1.54, 1.807) is 12.3 Å². The number of anilines is 6. The number of hydrogen-bond donors (Lipinski definition) is 3. The van der Waals surface area contributed by atoms with Crippen LogP contribution in [0.25, 0.3) is 0 Å². The predicted molar refractivity (Wildman–Crippen MR) is 154 cm³/mol. The Kier molecular flexibility index (Phi) is 7.11. The Balaban J connectivity index is 1.18. The molecule has 9 nitrogen and oxygen atoms in total. The minimum Gasteiger partial charge on any atom is -0.375 e. The lowest BCUT2D eigenvalue weighted by Crippen LogP contribution is -2.45. The van der Waals surface area contributed by atoms with Crippen LogP contribution in [-0.2, 0) is 6.54 Å². The van der Waals surface area contributed by atoms with Gasteiger partial charge in [0.25, 0.3) is 10.9 Å².